The Morgan fingerprint density at radius 2 is 2.09 bits per heavy atom. The number of benzene rings is 1. The molecular formula is C15H14BrN3O3. The van der Waals surface area contributed by atoms with Gasteiger partial charge in [0.25, 0.3) is 5.91 Å². The molecule has 0 saturated heterocycles. The first-order valence-electron chi connectivity index (χ1n) is 6.37. The molecule has 1 heterocycles. The van der Waals surface area contributed by atoms with E-state index in [0.29, 0.717) is 11.5 Å². The normalized spacial score (nSPS) is 10.5. The summed E-state index contributed by atoms with van der Waals surface area (Å²) in [5.74, 6) is 0.664. The van der Waals surface area contributed by atoms with Gasteiger partial charge in [0.15, 0.2) is 18.1 Å². The zero-order valence-electron chi connectivity index (χ0n) is 11.8. The molecule has 0 fully saturated rings. The molecule has 0 bridgehead atoms. The summed E-state index contributed by atoms with van der Waals surface area (Å²) in [5.41, 5.74) is 3.22. The molecule has 0 saturated carbocycles. The van der Waals surface area contributed by atoms with E-state index in [1.54, 1.807) is 42.7 Å². The smallest absolute Gasteiger partial charge is 0.277 e. The van der Waals surface area contributed by atoms with Gasteiger partial charge in [-0.1, -0.05) is 15.9 Å². The number of hydrogen-bond donors (Lipinski definition) is 1. The minimum absolute atomic E-state index is 0.161. The zero-order chi connectivity index (χ0) is 15.8. The van der Waals surface area contributed by atoms with Gasteiger partial charge >= 0.3 is 0 Å². The fourth-order valence-corrected chi connectivity index (χ4v) is 1.90. The van der Waals surface area contributed by atoms with Crippen molar-refractivity contribution in [2.75, 3.05) is 13.7 Å². The Labute approximate surface area is 136 Å². The first kappa shape index (κ1) is 16.0. The first-order valence-corrected chi connectivity index (χ1v) is 7.16. The van der Waals surface area contributed by atoms with Gasteiger partial charge in [0.05, 0.1) is 13.3 Å². The van der Waals surface area contributed by atoms with Gasteiger partial charge in [-0.05, 0) is 35.9 Å². The van der Waals surface area contributed by atoms with Crippen molar-refractivity contribution in [2.24, 2.45) is 5.10 Å². The van der Waals surface area contributed by atoms with Crippen LogP contribution in [0.3, 0.4) is 0 Å². The summed E-state index contributed by atoms with van der Waals surface area (Å²) in [7, 11) is 1.54. The lowest BCUT2D eigenvalue weighted by Gasteiger charge is -2.10. The Kier molecular flexibility index (Phi) is 5.91. The van der Waals surface area contributed by atoms with Crippen LogP contribution in [0.15, 0.2) is 52.3 Å². The summed E-state index contributed by atoms with van der Waals surface area (Å²) in [5, 5.41) is 3.84. The second-order valence-electron chi connectivity index (χ2n) is 4.16. The summed E-state index contributed by atoms with van der Waals surface area (Å²) in [4.78, 5) is 15.6. The Bertz CT molecular complexity index is 662. The third-order valence-electron chi connectivity index (χ3n) is 2.59. The molecule has 1 amide bonds. The Morgan fingerprint density at radius 3 is 2.82 bits per heavy atom. The van der Waals surface area contributed by atoms with Gasteiger partial charge in [-0.15, -0.1) is 0 Å². The maximum Gasteiger partial charge on any atom is 0.277 e. The molecule has 0 aliphatic rings. The molecule has 2 rings (SSSR count). The first-order chi connectivity index (χ1) is 10.7. The van der Waals surface area contributed by atoms with Crippen LogP contribution in [0.4, 0.5) is 0 Å². The van der Waals surface area contributed by atoms with Crippen LogP contribution in [0.5, 0.6) is 11.5 Å². The van der Waals surface area contributed by atoms with E-state index < -0.39 is 0 Å². The number of methoxy groups -OCH3 is 1. The highest BCUT2D eigenvalue weighted by Gasteiger charge is 2.07. The third-order valence-corrected chi connectivity index (χ3v) is 3.09. The maximum atomic E-state index is 11.7. The Hall–Kier alpha value is -2.41. The minimum Gasteiger partial charge on any atom is -0.493 e. The highest BCUT2D eigenvalue weighted by molar-refractivity contribution is 9.10. The van der Waals surface area contributed by atoms with E-state index in [9.17, 15) is 4.79 Å². The van der Waals surface area contributed by atoms with Gasteiger partial charge < -0.3 is 9.47 Å². The lowest BCUT2D eigenvalue weighted by molar-refractivity contribution is -0.123. The van der Waals surface area contributed by atoms with E-state index in [1.807, 2.05) is 0 Å². The van der Waals surface area contributed by atoms with Crippen molar-refractivity contribution in [1.29, 1.82) is 0 Å². The molecule has 0 aliphatic heterocycles. The van der Waals surface area contributed by atoms with E-state index >= 15 is 0 Å². The molecule has 7 heteroatoms. The second kappa shape index (κ2) is 8.14. The van der Waals surface area contributed by atoms with Crippen LogP contribution >= 0.6 is 15.9 Å². The largest absolute Gasteiger partial charge is 0.493 e. The predicted octanol–water partition coefficient (Wildman–Crippen LogP) is 2.38. The maximum absolute atomic E-state index is 11.7. The van der Waals surface area contributed by atoms with Crippen molar-refractivity contribution in [3.05, 3.63) is 52.8 Å². The van der Waals surface area contributed by atoms with Crippen molar-refractivity contribution in [3.8, 4) is 11.5 Å². The average molecular weight is 364 g/mol. The predicted molar refractivity (Wildman–Crippen MR) is 86.2 cm³/mol. The van der Waals surface area contributed by atoms with Crippen molar-refractivity contribution in [3.63, 3.8) is 0 Å². The number of hydrazone groups is 1. The van der Waals surface area contributed by atoms with E-state index in [4.69, 9.17) is 9.47 Å². The number of nitrogens with one attached hydrogen (secondary N) is 1. The lowest BCUT2D eigenvalue weighted by Crippen LogP contribution is -2.24. The summed E-state index contributed by atoms with van der Waals surface area (Å²) >= 11 is 3.34. The molecule has 0 radical (unpaired) electrons. The van der Waals surface area contributed by atoms with Crippen LogP contribution in [0, 0.1) is 0 Å². The number of halogens is 1. The van der Waals surface area contributed by atoms with Gasteiger partial charge in [0.1, 0.15) is 0 Å². The van der Waals surface area contributed by atoms with Crippen LogP contribution < -0.4 is 14.9 Å². The van der Waals surface area contributed by atoms with Crippen LogP contribution in [0.1, 0.15) is 5.56 Å². The fraction of sp³-hybridized carbons (Fsp3) is 0.133. The Balaban J connectivity index is 1.84. The van der Waals surface area contributed by atoms with Gasteiger partial charge in [0.2, 0.25) is 0 Å². The molecule has 114 valence electrons. The summed E-state index contributed by atoms with van der Waals surface area (Å²) in [6, 6.07) is 8.83. The average Bonchev–Trinajstić information content (AvgIpc) is 2.54. The summed E-state index contributed by atoms with van der Waals surface area (Å²) in [6.07, 6.45) is 4.82. The molecular weight excluding hydrogens is 350 g/mol. The topological polar surface area (TPSA) is 72.8 Å². The molecule has 1 N–H and O–H groups in total. The lowest BCUT2D eigenvalue weighted by atomic mass is 10.3. The van der Waals surface area contributed by atoms with E-state index in [0.717, 1.165) is 10.0 Å². The molecule has 1 aromatic heterocycles. The Morgan fingerprint density at radius 1 is 1.32 bits per heavy atom. The van der Waals surface area contributed by atoms with Crippen LogP contribution in [0.2, 0.25) is 0 Å². The number of amides is 1. The van der Waals surface area contributed by atoms with Crippen molar-refractivity contribution in [1.82, 2.24) is 10.4 Å². The van der Waals surface area contributed by atoms with E-state index in [2.05, 4.69) is 31.4 Å². The van der Waals surface area contributed by atoms with Crippen LogP contribution in [-0.2, 0) is 4.79 Å². The highest BCUT2D eigenvalue weighted by Crippen LogP contribution is 2.29. The van der Waals surface area contributed by atoms with Gasteiger partial charge in [-0.3, -0.25) is 9.78 Å². The van der Waals surface area contributed by atoms with Gasteiger partial charge in [0, 0.05) is 16.9 Å². The van der Waals surface area contributed by atoms with Crippen molar-refractivity contribution < 1.29 is 14.3 Å². The number of aromatic nitrogens is 1. The van der Waals surface area contributed by atoms with Crippen molar-refractivity contribution in [2.45, 2.75) is 0 Å². The quantitative estimate of drug-likeness (QED) is 0.631. The number of pyridine rings is 1. The number of nitrogens with zero attached hydrogens (tertiary/aromatic N) is 2. The molecule has 6 nitrogen and oxygen atoms in total. The SMILES string of the molecule is COc1cc(Br)ccc1OCC(=O)NN=Cc1ccncc1. The summed E-state index contributed by atoms with van der Waals surface area (Å²) < 4.78 is 11.4. The zero-order valence-corrected chi connectivity index (χ0v) is 13.4. The van der Waals surface area contributed by atoms with Crippen LogP contribution in [-0.4, -0.2) is 30.8 Å². The fourth-order valence-electron chi connectivity index (χ4n) is 1.56. The third kappa shape index (κ3) is 4.85. The number of hydrogen-bond acceptors (Lipinski definition) is 5. The van der Waals surface area contributed by atoms with Gasteiger partial charge in [-0.2, -0.15) is 5.10 Å². The van der Waals surface area contributed by atoms with Crippen LogP contribution in [0.25, 0.3) is 0 Å². The number of ether oxygens (including phenoxy) is 2. The molecule has 1 aromatic carbocycles. The van der Waals surface area contributed by atoms with Gasteiger partial charge in [-0.25, -0.2) is 5.43 Å². The number of carbonyl (C=O) groups excluding carboxylic acids is 1. The molecule has 22 heavy (non-hydrogen) atoms. The summed E-state index contributed by atoms with van der Waals surface area (Å²) in [6.45, 7) is -0.161. The number of rotatable bonds is 6. The molecule has 0 unspecified atom stereocenters. The molecule has 2 aromatic rings. The minimum atomic E-state index is -0.365. The molecule has 0 atom stereocenters. The monoisotopic (exact) mass is 363 g/mol. The molecule has 0 aliphatic carbocycles. The van der Waals surface area contributed by atoms with E-state index in [1.165, 1.54) is 13.3 Å². The van der Waals surface area contributed by atoms with Crippen molar-refractivity contribution >= 4 is 28.1 Å². The standard InChI is InChI=1S/C15H14BrN3O3/c1-21-14-8-12(16)2-3-13(14)22-10-15(20)19-18-9-11-4-6-17-7-5-11/h2-9H,10H2,1H3,(H,19,20). The molecule has 0 spiro atoms. The number of carbonyl (C=O) groups is 1. The van der Waals surface area contributed by atoms with E-state index in [-0.39, 0.29) is 12.5 Å². The second-order valence-corrected chi connectivity index (χ2v) is 5.07. The highest BCUT2D eigenvalue weighted by atomic mass is 79.9.